The van der Waals surface area contributed by atoms with Crippen LogP contribution in [-0.2, 0) is 17.1 Å². The lowest BCUT2D eigenvalue weighted by atomic mass is 9.99. The number of aliphatic hydroxyl groups excluding tert-OH is 1. The van der Waals surface area contributed by atoms with Crippen LogP contribution in [0.3, 0.4) is 0 Å². The second-order valence-electron chi connectivity index (χ2n) is 5.94. The van der Waals surface area contributed by atoms with E-state index in [0.29, 0.717) is 18.5 Å². The molecule has 3 heterocycles. The maximum absolute atomic E-state index is 12.7. The van der Waals surface area contributed by atoms with Crippen LogP contribution < -0.4 is 5.14 Å². The van der Waals surface area contributed by atoms with Gasteiger partial charge in [0.25, 0.3) is 5.91 Å². The summed E-state index contributed by atoms with van der Waals surface area (Å²) in [4.78, 5) is 14.5. The molecule has 1 amide bonds. The van der Waals surface area contributed by atoms with Gasteiger partial charge in [0.15, 0.2) is 0 Å². The number of fused-ring (bicyclic) bond motifs is 2. The van der Waals surface area contributed by atoms with E-state index in [-0.39, 0.29) is 29.0 Å². The number of carbonyl (C=O) groups is 1. The van der Waals surface area contributed by atoms with Crippen LogP contribution >= 0.6 is 0 Å². The standard InChI is InChI=1S/C13H19N3O4S/c1-15-7-11(21(14,19)20)6-12(15)13(18)16-8-2-3-9(16)5-10(17)4-8/h6-10,17H,2-5H2,1H3,(H2,14,19,20). The highest BCUT2D eigenvalue weighted by Gasteiger charge is 2.43. The lowest BCUT2D eigenvalue weighted by Gasteiger charge is -2.37. The summed E-state index contributed by atoms with van der Waals surface area (Å²) < 4.78 is 24.3. The molecule has 0 radical (unpaired) electrons. The molecular formula is C13H19N3O4S. The minimum Gasteiger partial charge on any atom is -0.393 e. The Hall–Kier alpha value is -1.38. The summed E-state index contributed by atoms with van der Waals surface area (Å²) in [5.74, 6) is -0.188. The molecule has 21 heavy (non-hydrogen) atoms. The smallest absolute Gasteiger partial charge is 0.271 e. The predicted octanol–water partition coefficient (Wildman–Crippen LogP) is -0.200. The van der Waals surface area contributed by atoms with E-state index in [2.05, 4.69) is 0 Å². The Morgan fingerprint density at radius 1 is 1.33 bits per heavy atom. The van der Waals surface area contributed by atoms with E-state index in [1.807, 2.05) is 0 Å². The lowest BCUT2D eigenvalue weighted by Crippen LogP contribution is -2.48. The van der Waals surface area contributed by atoms with E-state index in [1.165, 1.54) is 16.8 Å². The number of aryl methyl sites for hydroxylation is 1. The lowest BCUT2D eigenvalue weighted by molar-refractivity contribution is 0.0280. The van der Waals surface area contributed by atoms with Crippen LogP contribution in [0.15, 0.2) is 17.2 Å². The van der Waals surface area contributed by atoms with Crippen LogP contribution in [0, 0.1) is 0 Å². The van der Waals surface area contributed by atoms with Crippen LogP contribution in [0.2, 0.25) is 0 Å². The summed E-state index contributed by atoms with van der Waals surface area (Å²) in [7, 11) is -2.19. The summed E-state index contributed by atoms with van der Waals surface area (Å²) in [6, 6.07) is 1.40. The Morgan fingerprint density at radius 2 is 1.90 bits per heavy atom. The molecule has 0 aromatic carbocycles. The summed E-state index contributed by atoms with van der Waals surface area (Å²) in [5.41, 5.74) is 0.312. The monoisotopic (exact) mass is 313 g/mol. The van der Waals surface area contributed by atoms with Gasteiger partial charge in [0, 0.05) is 25.3 Å². The third-order valence-electron chi connectivity index (χ3n) is 4.47. The van der Waals surface area contributed by atoms with Crippen molar-refractivity contribution in [1.29, 1.82) is 0 Å². The minimum absolute atomic E-state index is 0.0408. The third kappa shape index (κ3) is 2.47. The van der Waals surface area contributed by atoms with Gasteiger partial charge in [-0.15, -0.1) is 0 Å². The second kappa shape index (κ2) is 4.82. The van der Waals surface area contributed by atoms with Gasteiger partial charge in [-0.25, -0.2) is 13.6 Å². The highest BCUT2D eigenvalue weighted by atomic mass is 32.2. The van der Waals surface area contributed by atoms with E-state index in [4.69, 9.17) is 5.14 Å². The van der Waals surface area contributed by atoms with Crippen LogP contribution in [0.5, 0.6) is 0 Å². The summed E-state index contributed by atoms with van der Waals surface area (Å²) >= 11 is 0. The zero-order valence-electron chi connectivity index (χ0n) is 11.8. The molecule has 2 atom stereocenters. The number of carbonyl (C=O) groups excluding carboxylic acids is 1. The molecular weight excluding hydrogens is 294 g/mol. The first-order valence-corrected chi connectivity index (χ1v) is 8.52. The van der Waals surface area contributed by atoms with Crippen LogP contribution in [0.25, 0.3) is 0 Å². The van der Waals surface area contributed by atoms with Crippen molar-refractivity contribution in [2.45, 2.75) is 48.8 Å². The number of nitrogens with two attached hydrogens (primary N) is 1. The minimum atomic E-state index is -3.82. The fourth-order valence-electron chi connectivity index (χ4n) is 3.51. The zero-order chi connectivity index (χ0) is 15.4. The van der Waals surface area contributed by atoms with Gasteiger partial charge in [-0.2, -0.15) is 0 Å². The van der Waals surface area contributed by atoms with Crippen LogP contribution in [0.1, 0.15) is 36.2 Å². The van der Waals surface area contributed by atoms with Crippen molar-refractivity contribution < 1.29 is 18.3 Å². The number of hydrogen-bond donors (Lipinski definition) is 2. The van der Waals surface area contributed by atoms with Crippen molar-refractivity contribution >= 4 is 15.9 Å². The Kier molecular flexibility index (Phi) is 3.34. The van der Waals surface area contributed by atoms with Crippen molar-refractivity contribution in [3.63, 3.8) is 0 Å². The highest BCUT2D eigenvalue weighted by Crippen LogP contribution is 2.36. The van der Waals surface area contributed by atoms with Gasteiger partial charge in [-0.05, 0) is 31.7 Å². The Bertz CT molecular complexity index is 668. The number of nitrogens with zero attached hydrogens (tertiary/aromatic N) is 2. The average Bonchev–Trinajstić information content (AvgIpc) is 2.88. The van der Waals surface area contributed by atoms with Gasteiger partial charge in [-0.1, -0.05) is 0 Å². The van der Waals surface area contributed by atoms with Gasteiger partial charge < -0.3 is 14.6 Å². The molecule has 7 nitrogen and oxygen atoms in total. The molecule has 0 aliphatic carbocycles. The molecule has 8 heteroatoms. The number of primary sulfonamides is 1. The maximum atomic E-state index is 12.7. The number of amides is 1. The Morgan fingerprint density at radius 3 is 2.38 bits per heavy atom. The molecule has 0 spiro atoms. The zero-order valence-corrected chi connectivity index (χ0v) is 12.6. The molecule has 2 saturated heterocycles. The van der Waals surface area contributed by atoms with E-state index in [1.54, 1.807) is 11.9 Å². The van der Waals surface area contributed by atoms with Crippen molar-refractivity contribution in [2.75, 3.05) is 0 Å². The molecule has 1 aromatic rings. The van der Waals surface area contributed by atoms with E-state index < -0.39 is 10.0 Å². The van der Waals surface area contributed by atoms with Crippen molar-refractivity contribution in [1.82, 2.24) is 9.47 Å². The van der Waals surface area contributed by atoms with Gasteiger partial charge in [0.05, 0.1) is 6.10 Å². The molecule has 116 valence electrons. The summed E-state index contributed by atoms with van der Waals surface area (Å²) in [6.45, 7) is 0. The topological polar surface area (TPSA) is 106 Å². The summed E-state index contributed by atoms with van der Waals surface area (Å²) in [5, 5.41) is 14.9. The fraction of sp³-hybridized carbons (Fsp3) is 0.615. The quantitative estimate of drug-likeness (QED) is 0.788. The average molecular weight is 313 g/mol. The highest BCUT2D eigenvalue weighted by molar-refractivity contribution is 7.89. The molecule has 2 unspecified atom stereocenters. The fourth-order valence-corrected chi connectivity index (χ4v) is 4.10. The third-order valence-corrected chi connectivity index (χ3v) is 5.35. The molecule has 2 aliphatic rings. The first-order valence-electron chi connectivity index (χ1n) is 6.97. The molecule has 3 N–H and O–H groups in total. The second-order valence-corrected chi connectivity index (χ2v) is 7.50. The van der Waals surface area contributed by atoms with Gasteiger partial charge in [-0.3, -0.25) is 4.79 Å². The first-order chi connectivity index (χ1) is 9.77. The van der Waals surface area contributed by atoms with E-state index >= 15 is 0 Å². The molecule has 0 saturated carbocycles. The van der Waals surface area contributed by atoms with E-state index in [9.17, 15) is 18.3 Å². The van der Waals surface area contributed by atoms with Gasteiger partial charge in [0.1, 0.15) is 10.6 Å². The van der Waals surface area contributed by atoms with Crippen molar-refractivity contribution in [3.8, 4) is 0 Å². The molecule has 3 rings (SSSR count). The Balaban J connectivity index is 1.92. The van der Waals surface area contributed by atoms with Crippen LogP contribution in [0.4, 0.5) is 0 Å². The van der Waals surface area contributed by atoms with Gasteiger partial charge in [0.2, 0.25) is 10.0 Å². The predicted molar refractivity (Wildman–Crippen MR) is 75.0 cm³/mol. The number of aromatic nitrogens is 1. The van der Waals surface area contributed by atoms with Gasteiger partial charge >= 0.3 is 0 Å². The van der Waals surface area contributed by atoms with Crippen molar-refractivity contribution in [2.24, 2.45) is 12.2 Å². The molecule has 2 aliphatic heterocycles. The maximum Gasteiger partial charge on any atom is 0.271 e. The molecule has 1 aromatic heterocycles. The normalized spacial score (nSPS) is 28.9. The van der Waals surface area contributed by atoms with Crippen molar-refractivity contribution in [3.05, 3.63) is 18.0 Å². The number of piperidine rings is 1. The van der Waals surface area contributed by atoms with E-state index in [0.717, 1.165) is 12.8 Å². The molecule has 2 fully saturated rings. The number of rotatable bonds is 2. The SMILES string of the molecule is Cn1cc(S(N)(=O)=O)cc1C(=O)N1C2CCC1CC(O)C2. The van der Waals surface area contributed by atoms with Crippen LogP contribution in [-0.4, -0.2) is 47.1 Å². The largest absolute Gasteiger partial charge is 0.393 e. The summed E-state index contributed by atoms with van der Waals surface area (Å²) in [6.07, 6.45) is 3.96. The molecule has 2 bridgehead atoms. The number of aliphatic hydroxyl groups is 1. The first kappa shape index (κ1) is 14.6. The number of hydrogen-bond acceptors (Lipinski definition) is 4. The number of sulfonamides is 1. The Labute approximate surface area is 123 Å².